The topological polar surface area (TPSA) is 81.9 Å². The van der Waals surface area contributed by atoms with E-state index in [1.807, 2.05) is 32.0 Å². The first-order chi connectivity index (χ1) is 13.1. The molecule has 0 heterocycles. The zero-order valence-corrected chi connectivity index (χ0v) is 15.9. The van der Waals surface area contributed by atoms with Crippen molar-refractivity contribution in [1.29, 1.82) is 0 Å². The molecule has 0 saturated carbocycles. The molecule has 2 aromatic carbocycles. The molecule has 28 heavy (non-hydrogen) atoms. The fourth-order valence-electron chi connectivity index (χ4n) is 2.78. The molecule has 150 valence electrons. The van der Waals surface area contributed by atoms with Gasteiger partial charge in [-0.25, -0.2) is 0 Å². The minimum atomic E-state index is -3.19. The molecule has 0 bridgehead atoms. The van der Waals surface area contributed by atoms with Crippen LogP contribution in [0.4, 0.5) is 14.5 Å². The van der Waals surface area contributed by atoms with Gasteiger partial charge in [-0.2, -0.15) is 8.78 Å². The Morgan fingerprint density at radius 3 is 2.43 bits per heavy atom. The van der Waals surface area contributed by atoms with Crippen LogP contribution >= 0.6 is 0 Å². The van der Waals surface area contributed by atoms with E-state index in [2.05, 4.69) is 4.74 Å². The third-order valence-corrected chi connectivity index (χ3v) is 4.18. The summed E-state index contributed by atoms with van der Waals surface area (Å²) in [6.45, 7) is 0.884. The molecule has 9 heteroatoms. The number of nitrogens with zero attached hydrogens (tertiary/aromatic N) is 2. The number of hydrogen-bond acceptors (Lipinski definition) is 5. The molecule has 0 aliphatic heterocycles. The molecule has 0 unspecified atom stereocenters. The molecule has 7 nitrogen and oxygen atoms in total. The lowest BCUT2D eigenvalue weighted by atomic mass is 10.0. The summed E-state index contributed by atoms with van der Waals surface area (Å²) in [4.78, 5) is 24.7. The Labute approximate surface area is 160 Å². The van der Waals surface area contributed by atoms with Crippen LogP contribution in [-0.2, 0) is 6.54 Å². The maximum Gasteiger partial charge on any atom is 0.387 e. The molecule has 0 fully saturated rings. The number of carbonyl (C=O) groups excluding carboxylic acids is 1. The highest BCUT2D eigenvalue weighted by Gasteiger charge is 2.28. The number of aryl methyl sites for hydroxylation is 2. The molecule has 0 radical (unpaired) electrons. The Morgan fingerprint density at radius 2 is 1.89 bits per heavy atom. The number of carbonyl (C=O) groups is 1. The van der Waals surface area contributed by atoms with Crippen LogP contribution in [0.3, 0.4) is 0 Å². The van der Waals surface area contributed by atoms with Gasteiger partial charge in [0.15, 0.2) is 11.5 Å². The number of halogens is 2. The molecule has 0 atom stereocenters. The molecule has 0 saturated heterocycles. The predicted molar refractivity (Wildman–Crippen MR) is 98.0 cm³/mol. The summed E-state index contributed by atoms with van der Waals surface area (Å²) >= 11 is 0. The van der Waals surface area contributed by atoms with Crippen molar-refractivity contribution in [3.63, 3.8) is 0 Å². The normalized spacial score (nSPS) is 10.7. The zero-order chi connectivity index (χ0) is 21.0. The fraction of sp³-hybridized carbons (Fsp3) is 0.316. The van der Waals surface area contributed by atoms with Crippen LogP contribution in [-0.4, -0.2) is 36.5 Å². The summed E-state index contributed by atoms with van der Waals surface area (Å²) in [5.41, 5.74) is 2.01. The number of rotatable bonds is 7. The van der Waals surface area contributed by atoms with E-state index in [9.17, 15) is 23.7 Å². The minimum Gasteiger partial charge on any atom is -0.493 e. The summed E-state index contributed by atoms with van der Waals surface area (Å²) in [6, 6.07) is 7.56. The quantitative estimate of drug-likeness (QED) is 0.522. The first-order valence-corrected chi connectivity index (χ1v) is 8.26. The Hall–Kier alpha value is -3.23. The van der Waals surface area contributed by atoms with Gasteiger partial charge >= 0.3 is 6.61 Å². The number of nitro benzene ring substituents is 1. The summed E-state index contributed by atoms with van der Waals surface area (Å²) in [6.07, 6.45) is 0. The Morgan fingerprint density at radius 1 is 1.21 bits per heavy atom. The van der Waals surface area contributed by atoms with Crippen LogP contribution in [0.25, 0.3) is 0 Å². The van der Waals surface area contributed by atoms with Gasteiger partial charge in [-0.05, 0) is 25.0 Å². The van der Waals surface area contributed by atoms with Gasteiger partial charge in [-0.15, -0.1) is 0 Å². The van der Waals surface area contributed by atoms with Crippen LogP contribution in [0.15, 0.2) is 30.3 Å². The van der Waals surface area contributed by atoms with Gasteiger partial charge in [0.1, 0.15) is 5.56 Å². The second-order valence-corrected chi connectivity index (χ2v) is 6.25. The van der Waals surface area contributed by atoms with Gasteiger partial charge in [0.05, 0.1) is 18.1 Å². The molecular formula is C19H20F2N2O5. The molecule has 0 aliphatic carbocycles. The number of nitro groups is 1. The third kappa shape index (κ3) is 4.73. The van der Waals surface area contributed by atoms with Crippen molar-refractivity contribution in [2.45, 2.75) is 27.0 Å². The van der Waals surface area contributed by atoms with Crippen molar-refractivity contribution < 1.29 is 28.0 Å². The molecule has 0 spiro atoms. The molecular weight excluding hydrogens is 374 g/mol. The van der Waals surface area contributed by atoms with E-state index in [1.54, 1.807) is 0 Å². The maximum atomic E-state index is 12.8. The Kier molecular flexibility index (Phi) is 6.50. The van der Waals surface area contributed by atoms with Gasteiger partial charge in [-0.1, -0.05) is 23.8 Å². The standard InChI is InChI=1S/C19H20F2N2O5/c1-11-5-6-13(12(2)7-11)10-22(3)18(24)14-8-16(27-4)17(28-19(20)21)9-15(14)23(25)26/h5-9,19H,10H2,1-4H3. The van der Waals surface area contributed by atoms with E-state index in [-0.39, 0.29) is 17.9 Å². The van der Waals surface area contributed by atoms with E-state index in [1.165, 1.54) is 19.1 Å². The zero-order valence-electron chi connectivity index (χ0n) is 15.9. The van der Waals surface area contributed by atoms with Crippen molar-refractivity contribution in [2.75, 3.05) is 14.2 Å². The highest BCUT2D eigenvalue weighted by atomic mass is 19.3. The second-order valence-electron chi connectivity index (χ2n) is 6.25. The van der Waals surface area contributed by atoms with E-state index < -0.39 is 28.9 Å². The van der Waals surface area contributed by atoms with Crippen LogP contribution < -0.4 is 9.47 Å². The smallest absolute Gasteiger partial charge is 0.387 e. The number of methoxy groups -OCH3 is 1. The van der Waals surface area contributed by atoms with Crippen LogP contribution in [0, 0.1) is 24.0 Å². The van der Waals surface area contributed by atoms with Gasteiger partial charge in [0, 0.05) is 19.7 Å². The van der Waals surface area contributed by atoms with Gasteiger partial charge in [-0.3, -0.25) is 14.9 Å². The second kappa shape index (κ2) is 8.64. The lowest BCUT2D eigenvalue weighted by Crippen LogP contribution is -2.27. The number of hydrogen-bond donors (Lipinski definition) is 0. The summed E-state index contributed by atoms with van der Waals surface area (Å²) in [5, 5.41) is 11.4. The van der Waals surface area contributed by atoms with E-state index in [0.29, 0.717) is 0 Å². The van der Waals surface area contributed by atoms with Crippen molar-refractivity contribution in [1.82, 2.24) is 4.90 Å². The van der Waals surface area contributed by atoms with E-state index in [4.69, 9.17) is 4.74 Å². The predicted octanol–water partition coefficient (Wildman–Crippen LogP) is 4.09. The monoisotopic (exact) mass is 394 g/mol. The average molecular weight is 394 g/mol. The van der Waals surface area contributed by atoms with Crippen molar-refractivity contribution in [2.24, 2.45) is 0 Å². The SMILES string of the molecule is COc1cc(C(=O)N(C)Cc2ccc(C)cc2C)c([N+](=O)[O-])cc1OC(F)F. The van der Waals surface area contributed by atoms with E-state index >= 15 is 0 Å². The van der Waals surface area contributed by atoms with Crippen molar-refractivity contribution in [3.8, 4) is 11.5 Å². The minimum absolute atomic E-state index is 0.200. The molecule has 0 aromatic heterocycles. The first kappa shape index (κ1) is 21.1. The van der Waals surface area contributed by atoms with Gasteiger partial charge in [0.2, 0.25) is 0 Å². The highest BCUT2D eigenvalue weighted by Crippen LogP contribution is 2.36. The molecule has 0 N–H and O–H groups in total. The largest absolute Gasteiger partial charge is 0.493 e. The van der Waals surface area contributed by atoms with Crippen molar-refractivity contribution in [3.05, 3.63) is 62.7 Å². The fourth-order valence-corrected chi connectivity index (χ4v) is 2.78. The Bertz CT molecular complexity index is 902. The van der Waals surface area contributed by atoms with Gasteiger partial charge < -0.3 is 14.4 Å². The summed E-state index contributed by atoms with van der Waals surface area (Å²) in [5.74, 6) is -1.36. The molecule has 2 aromatic rings. The Balaban J connectivity index is 2.40. The number of ether oxygens (including phenoxy) is 2. The maximum absolute atomic E-state index is 12.8. The number of benzene rings is 2. The molecule has 1 amide bonds. The third-order valence-electron chi connectivity index (χ3n) is 4.18. The number of amides is 1. The van der Waals surface area contributed by atoms with E-state index in [0.717, 1.165) is 28.8 Å². The average Bonchev–Trinajstić information content (AvgIpc) is 2.62. The van der Waals surface area contributed by atoms with Crippen LogP contribution in [0.2, 0.25) is 0 Å². The van der Waals surface area contributed by atoms with Gasteiger partial charge in [0.25, 0.3) is 11.6 Å². The molecule has 0 aliphatic rings. The molecule has 2 rings (SSSR count). The van der Waals surface area contributed by atoms with Crippen LogP contribution in [0.1, 0.15) is 27.0 Å². The summed E-state index contributed by atoms with van der Waals surface area (Å²) < 4.78 is 34.3. The lowest BCUT2D eigenvalue weighted by Gasteiger charge is -2.20. The number of alkyl halides is 2. The first-order valence-electron chi connectivity index (χ1n) is 8.26. The highest BCUT2D eigenvalue weighted by molar-refractivity contribution is 5.99. The van der Waals surface area contributed by atoms with Crippen molar-refractivity contribution >= 4 is 11.6 Å². The van der Waals surface area contributed by atoms with Crippen LogP contribution in [0.5, 0.6) is 11.5 Å². The lowest BCUT2D eigenvalue weighted by molar-refractivity contribution is -0.385. The summed E-state index contributed by atoms with van der Waals surface area (Å²) in [7, 11) is 2.69.